The van der Waals surface area contributed by atoms with Crippen molar-refractivity contribution in [3.8, 4) is 0 Å². The van der Waals surface area contributed by atoms with E-state index in [1.807, 2.05) is 4.90 Å². The van der Waals surface area contributed by atoms with Gasteiger partial charge in [-0.15, -0.1) is 12.4 Å². The number of hydrogen-bond donors (Lipinski definition) is 1. The molecule has 2 amide bonds. The number of carbonyl (C=O) groups is 2. The minimum Gasteiger partial charge on any atom is -0.339 e. The summed E-state index contributed by atoms with van der Waals surface area (Å²) in [4.78, 5) is 29.3. The van der Waals surface area contributed by atoms with Gasteiger partial charge in [0.25, 0.3) is 0 Å². The summed E-state index contributed by atoms with van der Waals surface area (Å²) >= 11 is 0. The third kappa shape index (κ3) is 5.09. The van der Waals surface area contributed by atoms with Gasteiger partial charge in [0.1, 0.15) is 0 Å². The number of nitrogens with zero attached hydrogens (tertiary/aromatic N) is 2. The Bertz CT molecular complexity index is 413. The third-order valence-electron chi connectivity index (χ3n) is 5.24. The van der Waals surface area contributed by atoms with Crippen molar-refractivity contribution >= 4 is 24.2 Å². The second-order valence-electron chi connectivity index (χ2n) is 7.10. The van der Waals surface area contributed by atoms with Gasteiger partial charge < -0.3 is 15.1 Å². The van der Waals surface area contributed by atoms with E-state index in [-0.39, 0.29) is 36.2 Å². The standard InChI is InChI=1S/C18H33N3O2.ClH/c1-4-6-14(3)21-13-15(12-17(21)22)18(23)20(11-5-2)16-7-9-19-10-8-16;/h14-16,19H,4-13H2,1-3H3;1H. The van der Waals surface area contributed by atoms with Gasteiger partial charge in [0.05, 0.1) is 5.92 Å². The number of piperidine rings is 1. The van der Waals surface area contributed by atoms with Gasteiger partial charge in [0, 0.05) is 31.6 Å². The highest BCUT2D eigenvalue weighted by atomic mass is 35.5. The first-order valence-corrected chi connectivity index (χ1v) is 9.39. The molecule has 2 aliphatic rings. The summed E-state index contributed by atoms with van der Waals surface area (Å²) < 4.78 is 0. The van der Waals surface area contributed by atoms with Gasteiger partial charge in [-0.2, -0.15) is 0 Å². The van der Waals surface area contributed by atoms with Crippen molar-refractivity contribution in [2.45, 2.75) is 71.4 Å². The van der Waals surface area contributed by atoms with Gasteiger partial charge in [0.2, 0.25) is 11.8 Å². The van der Waals surface area contributed by atoms with Crippen LogP contribution in [0.25, 0.3) is 0 Å². The number of amides is 2. The van der Waals surface area contributed by atoms with E-state index in [0.717, 1.165) is 51.7 Å². The topological polar surface area (TPSA) is 52.7 Å². The zero-order valence-electron chi connectivity index (χ0n) is 15.4. The van der Waals surface area contributed by atoms with Crippen LogP contribution in [-0.2, 0) is 9.59 Å². The molecule has 0 aliphatic carbocycles. The van der Waals surface area contributed by atoms with Crippen LogP contribution >= 0.6 is 12.4 Å². The highest BCUT2D eigenvalue weighted by molar-refractivity contribution is 5.89. The lowest BCUT2D eigenvalue weighted by atomic mass is 10.0. The average Bonchev–Trinajstić information content (AvgIpc) is 2.95. The Morgan fingerprint density at radius 1 is 1.29 bits per heavy atom. The molecular formula is C18H34ClN3O2. The lowest BCUT2D eigenvalue weighted by molar-refractivity contribution is -0.138. The van der Waals surface area contributed by atoms with E-state index in [9.17, 15) is 9.59 Å². The Morgan fingerprint density at radius 3 is 2.54 bits per heavy atom. The summed E-state index contributed by atoms with van der Waals surface area (Å²) in [5.74, 6) is 0.229. The van der Waals surface area contributed by atoms with E-state index < -0.39 is 0 Å². The van der Waals surface area contributed by atoms with Gasteiger partial charge in [-0.1, -0.05) is 20.3 Å². The average molecular weight is 360 g/mol. The van der Waals surface area contributed by atoms with Crippen LogP contribution in [0.5, 0.6) is 0 Å². The van der Waals surface area contributed by atoms with E-state index in [0.29, 0.717) is 19.0 Å². The number of carbonyl (C=O) groups excluding carboxylic acids is 2. The highest BCUT2D eigenvalue weighted by Crippen LogP contribution is 2.26. The van der Waals surface area contributed by atoms with Crippen LogP contribution in [0.1, 0.15) is 59.3 Å². The lowest BCUT2D eigenvalue weighted by Gasteiger charge is -2.36. The Hall–Kier alpha value is -0.810. The first-order valence-electron chi connectivity index (χ1n) is 9.39. The maximum Gasteiger partial charge on any atom is 0.228 e. The van der Waals surface area contributed by atoms with E-state index in [1.165, 1.54) is 0 Å². The fourth-order valence-electron chi connectivity index (χ4n) is 3.96. The number of hydrogen-bond acceptors (Lipinski definition) is 3. The van der Waals surface area contributed by atoms with Crippen molar-refractivity contribution in [3.05, 3.63) is 0 Å². The molecule has 0 aromatic carbocycles. The first kappa shape index (κ1) is 21.2. The van der Waals surface area contributed by atoms with Crippen LogP contribution < -0.4 is 5.32 Å². The molecular weight excluding hydrogens is 326 g/mol. The Labute approximate surface area is 152 Å². The van der Waals surface area contributed by atoms with Gasteiger partial charge in [-0.3, -0.25) is 9.59 Å². The van der Waals surface area contributed by atoms with Crippen LogP contribution in [0, 0.1) is 5.92 Å². The van der Waals surface area contributed by atoms with Crippen molar-refractivity contribution in [2.75, 3.05) is 26.2 Å². The molecule has 0 spiro atoms. The molecule has 0 saturated carbocycles. The predicted molar refractivity (Wildman–Crippen MR) is 99.3 cm³/mol. The molecule has 0 bridgehead atoms. The maximum absolute atomic E-state index is 13.0. The SMILES string of the molecule is CCCC(C)N1CC(C(=O)N(CCC)C2CCNCC2)CC1=O.Cl. The molecule has 0 radical (unpaired) electrons. The largest absolute Gasteiger partial charge is 0.339 e. The molecule has 0 aromatic rings. The van der Waals surface area contributed by atoms with Crippen molar-refractivity contribution in [1.82, 2.24) is 15.1 Å². The fraction of sp³-hybridized carbons (Fsp3) is 0.889. The van der Waals surface area contributed by atoms with Crippen molar-refractivity contribution in [1.29, 1.82) is 0 Å². The number of nitrogens with one attached hydrogen (secondary N) is 1. The summed E-state index contributed by atoms with van der Waals surface area (Å²) in [7, 11) is 0. The molecule has 6 heteroatoms. The van der Waals surface area contributed by atoms with Gasteiger partial charge in [0.15, 0.2) is 0 Å². The number of likely N-dealkylation sites (tertiary alicyclic amines) is 1. The van der Waals surface area contributed by atoms with Crippen LogP contribution in [-0.4, -0.2) is 59.9 Å². The zero-order valence-corrected chi connectivity index (χ0v) is 16.2. The van der Waals surface area contributed by atoms with Crippen molar-refractivity contribution in [2.24, 2.45) is 5.92 Å². The molecule has 1 N–H and O–H groups in total. The minimum absolute atomic E-state index is 0. The molecule has 2 rings (SSSR count). The van der Waals surface area contributed by atoms with Crippen molar-refractivity contribution in [3.63, 3.8) is 0 Å². The summed E-state index contributed by atoms with van der Waals surface area (Å²) in [6.07, 6.45) is 5.52. The van der Waals surface area contributed by atoms with E-state index >= 15 is 0 Å². The predicted octanol–water partition coefficient (Wildman–Crippen LogP) is 2.44. The van der Waals surface area contributed by atoms with E-state index in [2.05, 4.69) is 31.0 Å². The van der Waals surface area contributed by atoms with E-state index in [1.54, 1.807) is 0 Å². The second-order valence-corrected chi connectivity index (χ2v) is 7.10. The summed E-state index contributed by atoms with van der Waals surface area (Å²) in [5, 5.41) is 3.36. The summed E-state index contributed by atoms with van der Waals surface area (Å²) in [6.45, 7) is 9.77. The first-order chi connectivity index (χ1) is 11.1. The second kappa shape index (κ2) is 10.2. The number of halogens is 1. The minimum atomic E-state index is -0.136. The highest BCUT2D eigenvalue weighted by Gasteiger charge is 2.39. The molecule has 2 heterocycles. The monoisotopic (exact) mass is 359 g/mol. The fourth-order valence-corrected chi connectivity index (χ4v) is 3.96. The van der Waals surface area contributed by atoms with Gasteiger partial charge >= 0.3 is 0 Å². The van der Waals surface area contributed by atoms with Crippen LogP contribution in [0.2, 0.25) is 0 Å². The van der Waals surface area contributed by atoms with Gasteiger partial charge in [-0.05, 0) is 45.7 Å². The smallest absolute Gasteiger partial charge is 0.228 e. The number of rotatable bonds is 7. The summed E-state index contributed by atoms with van der Waals surface area (Å²) in [6, 6.07) is 0.602. The van der Waals surface area contributed by atoms with Crippen LogP contribution in [0.3, 0.4) is 0 Å². The normalized spacial score (nSPS) is 23.0. The molecule has 24 heavy (non-hydrogen) atoms. The maximum atomic E-state index is 13.0. The lowest BCUT2D eigenvalue weighted by Crippen LogP contribution is -2.49. The van der Waals surface area contributed by atoms with E-state index in [4.69, 9.17) is 0 Å². The molecule has 0 aromatic heterocycles. The third-order valence-corrected chi connectivity index (χ3v) is 5.24. The molecule has 2 unspecified atom stereocenters. The molecule has 2 fully saturated rings. The molecule has 2 atom stereocenters. The van der Waals surface area contributed by atoms with Crippen LogP contribution in [0.4, 0.5) is 0 Å². The Kier molecular flexibility index (Phi) is 9.06. The zero-order chi connectivity index (χ0) is 16.8. The molecule has 140 valence electrons. The quantitative estimate of drug-likeness (QED) is 0.759. The summed E-state index contributed by atoms with van der Waals surface area (Å²) in [5.41, 5.74) is 0. The molecule has 5 nitrogen and oxygen atoms in total. The molecule has 2 aliphatic heterocycles. The Morgan fingerprint density at radius 2 is 1.96 bits per heavy atom. The van der Waals surface area contributed by atoms with Crippen LogP contribution in [0.15, 0.2) is 0 Å². The van der Waals surface area contributed by atoms with Crippen molar-refractivity contribution < 1.29 is 9.59 Å². The Balaban J connectivity index is 0.00000288. The molecule has 2 saturated heterocycles. The van der Waals surface area contributed by atoms with Gasteiger partial charge in [-0.25, -0.2) is 0 Å².